The summed E-state index contributed by atoms with van der Waals surface area (Å²) in [5.41, 5.74) is 3.09. The number of amides is 4. The minimum absolute atomic E-state index is 0.0509. The number of piperidine rings is 2. The molecule has 4 amide bonds. The van der Waals surface area contributed by atoms with Gasteiger partial charge in [-0.3, -0.25) is 28.8 Å². The zero-order chi connectivity index (χ0) is 27.8. The summed E-state index contributed by atoms with van der Waals surface area (Å²) < 4.78 is 1.99. The van der Waals surface area contributed by atoms with Crippen molar-refractivity contribution in [3.63, 3.8) is 0 Å². The van der Waals surface area contributed by atoms with Crippen LogP contribution >= 0.6 is 0 Å². The number of imide groups is 1. The molecule has 10 heteroatoms. The molecule has 3 saturated carbocycles. The molecule has 10 nitrogen and oxygen atoms in total. The number of nitrogens with zero attached hydrogens (tertiary/aromatic N) is 4. The van der Waals surface area contributed by atoms with Crippen molar-refractivity contribution in [2.24, 2.45) is 10.8 Å². The van der Waals surface area contributed by atoms with Gasteiger partial charge >= 0.3 is 0 Å². The van der Waals surface area contributed by atoms with Gasteiger partial charge in [0.2, 0.25) is 11.8 Å². The Morgan fingerprint density at radius 2 is 1.88 bits per heavy atom. The van der Waals surface area contributed by atoms with Gasteiger partial charge in [-0.25, -0.2) is 0 Å². The van der Waals surface area contributed by atoms with E-state index >= 15 is 0 Å². The van der Waals surface area contributed by atoms with Crippen molar-refractivity contribution < 1.29 is 19.2 Å². The van der Waals surface area contributed by atoms with Crippen LogP contribution in [0.1, 0.15) is 84.2 Å². The number of fused-ring (bicyclic) bond motifs is 1. The van der Waals surface area contributed by atoms with Crippen molar-refractivity contribution in [2.45, 2.75) is 70.5 Å². The van der Waals surface area contributed by atoms with Crippen LogP contribution in [0.5, 0.6) is 0 Å². The van der Waals surface area contributed by atoms with Crippen LogP contribution in [0.25, 0.3) is 0 Å². The van der Waals surface area contributed by atoms with Crippen LogP contribution in [0.3, 0.4) is 0 Å². The molecule has 6 aliphatic rings. The molecule has 0 radical (unpaired) electrons. The van der Waals surface area contributed by atoms with Crippen molar-refractivity contribution in [3.05, 3.63) is 59.6 Å². The molecule has 208 valence electrons. The standard InChI is InChI=1S/C30H34N6O4/c1-18-6-7-23(25(37)33-18)36-26(38)21-4-3-5-22(24(21)27(36)39)31-12-19-13-32-35(14-19)20-8-10-34(11-9-20)28(40)30-15-29(2,16-30)17-30/h3-5,13-14,20,23,31H,1,6-12,15-17H2,2H3,(H,33,37). The van der Waals surface area contributed by atoms with Crippen molar-refractivity contribution >= 4 is 29.3 Å². The molecule has 1 atom stereocenters. The van der Waals surface area contributed by atoms with E-state index < -0.39 is 17.9 Å². The maximum atomic E-state index is 13.4. The fourth-order valence-electron chi connectivity index (χ4n) is 7.80. The van der Waals surface area contributed by atoms with E-state index in [4.69, 9.17) is 0 Å². The lowest BCUT2D eigenvalue weighted by molar-refractivity contribution is -0.210. The molecule has 2 aromatic rings. The first-order chi connectivity index (χ1) is 19.2. The third-order valence-electron chi connectivity index (χ3n) is 9.59. The molecule has 3 aliphatic heterocycles. The second-order valence-electron chi connectivity index (χ2n) is 12.7. The average molecular weight is 543 g/mol. The van der Waals surface area contributed by atoms with E-state index in [0.717, 1.165) is 55.7 Å². The smallest absolute Gasteiger partial charge is 0.264 e. The van der Waals surface area contributed by atoms with Gasteiger partial charge in [0.05, 0.1) is 28.8 Å². The lowest BCUT2D eigenvalue weighted by Gasteiger charge is -2.69. The zero-order valence-corrected chi connectivity index (χ0v) is 22.7. The normalized spacial score (nSPS) is 29.6. The first-order valence-electron chi connectivity index (χ1n) is 14.2. The highest BCUT2D eigenvalue weighted by molar-refractivity contribution is 6.25. The van der Waals surface area contributed by atoms with Gasteiger partial charge in [-0.15, -0.1) is 0 Å². The van der Waals surface area contributed by atoms with E-state index in [0.29, 0.717) is 53.2 Å². The first kappa shape index (κ1) is 25.0. The third-order valence-corrected chi connectivity index (χ3v) is 9.59. The SMILES string of the molecule is C=C1CCC(N2C(=O)c3cccc(NCc4cnn(C5CCN(C(=O)C67CC(C)(C6)C7)CC5)c4)c3C2=O)C(=O)N1. The number of anilines is 1. The van der Waals surface area contributed by atoms with Crippen molar-refractivity contribution in [1.29, 1.82) is 0 Å². The van der Waals surface area contributed by atoms with Crippen LogP contribution in [-0.4, -0.2) is 62.3 Å². The quantitative estimate of drug-likeness (QED) is 0.542. The molecule has 1 aromatic carbocycles. The molecule has 2 bridgehead atoms. The number of nitrogens with one attached hydrogen (secondary N) is 2. The fourth-order valence-corrected chi connectivity index (χ4v) is 7.80. The van der Waals surface area contributed by atoms with Crippen LogP contribution in [0.15, 0.2) is 42.9 Å². The van der Waals surface area contributed by atoms with Gasteiger partial charge in [0, 0.05) is 42.8 Å². The van der Waals surface area contributed by atoms with Gasteiger partial charge in [0.15, 0.2) is 0 Å². The molecular formula is C30H34N6O4. The summed E-state index contributed by atoms with van der Waals surface area (Å²) in [6, 6.07) is 4.55. The maximum absolute atomic E-state index is 13.4. The number of rotatable bonds is 6. The van der Waals surface area contributed by atoms with Crippen LogP contribution in [0, 0.1) is 10.8 Å². The molecule has 4 heterocycles. The van der Waals surface area contributed by atoms with Gasteiger partial charge in [0.1, 0.15) is 6.04 Å². The number of allylic oxidation sites excluding steroid dienone is 1. The van der Waals surface area contributed by atoms with E-state index in [1.807, 2.05) is 17.1 Å². The Bertz CT molecular complexity index is 1450. The molecule has 5 fully saturated rings. The molecule has 1 unspecified atom stereocenters. The minimum atomic E-state index is -0.840. The Morgan fingerprint density at radius 3 is 2.58 bits per heavy atom. The van der Waals surface area contributed by atoms with Crippen molar-refractivity contribution in [2.75, 3.05) is 18.4 Å². The van der Waals surface area contributed by atoms with Crippen LogP contribution in [0.4, 0.5) is 5.69 Å². The van der Waals surface area contributed by atoms with Gasteiger partial charge < -0.3 is 15.5 Å². The minimum Gasteiger partial charge on any atom is -0.380 e. The first-order valence-corrected chi connectivity index (χ1v) is 14.2. The summed E-state index contributed by atoms with van der Waals surface area (Å²) in [5.74, 6) is -0.925. The van der Waals surface area contributed by atoms with Crippen LogP contribution in [0.2, 0.25) is 0 Å². The summed E-state index contributed by atoms with van der Waals surface area (Å²) in [6.07, 6.45) is 9.66. The topological polar surface area (TPSA) is 117 Å². The van der Waals surface area contributed by atoms with E-state index in [-0.39, 0.29) is 17.4 Å². The highest BCUT2D eigenvalue weighted by Crippen LogP contribution is 2.73. The lowest BCUT2D eigenvalue weighted by Crippen LogP contribution is -2.67. The number of benzene rings is 1. The van der Waals surface area contributed by atoms with Gasteiger partial charge in [-0.1, -0.05) is 19.6 Å². The zero-order valence-electron chi connectivity index (χ0n) is 22.7. The van der Waals surface area contributed by atoms with Crippen molar-refractivity contribution in [1.82, 2.24) is 24.9 Å². The maximum Gasteiger partial charge on any atom is 0.264 e. The van der Waals surface area contributed by atoms with Crippen LogP contribution < -0.4 is 10.6 Å². The highest BCUT2D eigenvalue weighted by atomic mass is 16.2. The number of hydrogen-bond acceptors (Lipinski definition) is 6. The lowest BCUT2D eigenvalue weighted by atomic mass is 9.35. The number of hydrogen-bond donors (Lipinski definition) is 2. The fraction of sp³-hybridized carbons (Fsp3) is 0.500. The Morgan fingerprint density at radius 1 is 1.12 bits per heavy atom. The van der Waals surface area contributed by atoms with Gasteiger partial charge in [-0.05, 0) is 62.5 Å². The molecular weight excluding hydrogens is 508 g/mol. The molecule has 0 spiro atoms. The highest BCUT2D eigenvalue weighted by Gasteiger charge is 2.69. The Balaban J connectivity index is 0.982. The van der Waals surface area contributed by atoms with Crippen molar-refractivity contribution in [3.8, 4) is 0 Å². The number of carbonyl (C=O) groups excluding carboxylic acids is 4. The molecule has 2 N–H and O–H groups in total. The van der Waals surface area contributed by atoms with E-state index in [1.54, 1.807) is 18.2 Å². The molecule has 1 aromatic heterocycles. The number of aromatic nitrogens is 2. The Kier molecular flexibility index (Phi) is 5.49. The molecule has 8 rings (SSSR count). The van der Waals surface area contributed by atoms with Crippen LogP contribution in [-0.2, 0) is 16.1 Å². The molecule has 3 aliphatic carbocycles. The Hall–Kier alpha value is -3.95. The average Bonchev–Trinajstić information content (AvgIpc) is 3.48. The summed E-state index contributed by atoms with van der Waals surface area (Å²) in [7, 11) is 0. The second-order valence-corrected chi connectivity index (χ2v) is 12.7. The van der Waals surface area contributed by atoms with Gasteiger partial charge in [0.25, 0.3) is 11.8 Å². The van der Waals surface area contributed by atoms with Gasteiger partial charge in [-0.2, -0.15) is 5.10 Å². The number of likely N-dealkylation sites (tertiary alicyclic amines) is 1. The number of carbonyl (C=O) groups is 4. The molecule has 2 saturated heterocycles. The summed E-state index contributed by atoms with van der Waals surface area (Å²) >= 11 is 0. The second kappa shape index (κ2) is 8.78. The summed E-state index contributed by atoms with van der Waals surface area (Å²) in [4.78, 5) is 55.2. The molecule has 40 heavy (non-hydrogen) atoms. The summed E-state index contributed by atoms with van der Waals surface area (Å²) in [5, 5.41) is 10.6. The largest absolute Gasteiger partial charge is 0.380 e. The predicted octanol–water partition coefficient (Wildman–Crippen LogP) is 3.24. The monoisotopic (exact) mass is 542 g/mol. The van der Waals surface area contributed by atoms with E-state index in [2.05, 4.69) is 34.1 Å². The Labute approximate surface area is 232 Å². The predicted molar refractivity (Wildman–Crippen MR) is 146 cm³/mol. The van der Waals surface area contributed by atoms with E-state index in [9.17, 15) is 19.2 Å². The van der Waals surface area contributed by atoms with E-state index in [1.165, 1.54) is 0 Å². The summed E-state index contributed by atoms with van der Waals surface area (Å²) in [6.45, 7) is 8.03. The third kappa shape index (κ3) is 3.79.